The zero-order chi connectivity index (χ0) is 11.2. The molecule has 0 amide bonds. The summed E-state index contributed by atoms with van der Waals surface area (Å²) in [5.41, 5.74) is 6.07. The Hall–Kier alpha value is -0.209. The lowest BCUT2D eigenvalue weighted by Crippen LogP contribution is -2.65. The van der Waals surface area contributed by atoms with Gasteiger partial charge in [-0.15, -0.1) is 19.7 Å². The lowest BCUT2D eigenvalue weighted by Gasteiger charge is -2.29. The molecule has 0 spiro atoms. The third-order valence-corrected chi connectivity index (χ3v) is 11.3. The summed E-state index contributed by atoms with van der Waals surface area (Å²) in [7, 11) is -2.93. The minimum Gasteiger partial charge on any atom is -0.342 e. The van der Waals surface area contributed by atoms with Crippen LogP contribution in [0.4, 0.5) is 0 Å². The first-order valence-corrected chi connectivity index (χ1v) is 11.3. The first-order chi connectivity index (χ1) is 6.47. The van der Waals surface area contributed by atoms with Gasteiger partial charge in [0.1, 0.15) is 0 Å². The van der Waals surface area contributed by atoms with Crippen LogP contribution in [0, 0.1) is 0 Å². The summed E-state index contributed by atoms with van der Waals surface area (Å²) in [6.07, 6.45) is 0. The molecule has 0 heterocycles. The van der Waals surface area contributed by atoms with Crippen molar-refractivity contribution in [3.63, 3.8) is 0 Å². The standard InChI is InChI=1S/C9H20N2Si3/c1-7-12(4)10-14(6,9-3)11-13(5)8-2/h7-11H,1-3H2,4-6H3. The van der Waals surface area contributed by atoms with E-state index in [2.05, 4.69) is 48.7 Å². The van der Waals surface area contributed by atoms with Crippen LogP contribution in [0.1, 0.15) is 0 Å². The van der Waals surface area contributed by atoms with Gasteiger partial charge in [-0.3, -0.25) is 0 Å². The number of hydrogen-bond donors (Lipinski definition) is 2. The van der Waals surface area contributed by atoms with Gasteiger partial charge in [0.25, 0.3) is 0 Å². The van der Waals surface area contributed by atoms with Crippen LogP contribution in [0.15, 0.2) is 36.8 Å². The van der Waals surface area contributed by atoms with Gasteiger partial charge >= 0.3 is 0 Å². The smallest absolute Gasteiger partial charge is 0.210 e. The van der Waals surface area contributed by atoms with Crippen LogP contribution in [0.3, 0.4) is 0 Å². The van der Waals surface area contributed by atoms with Crippen molar-refractivity contribution in [2.45, 2.75) is 19.6 Å². The van der Waals surface area contributed by atoms with Gasteiger partial charge in [0, 0.05) is 0 Å². The Morgan fingerprint density at radius 1 is 1.00 bits per heavy atom. The van der Waals surface area contributed by atoms with Crippen molar-refractivity contribution in [3.05, 3.63) is 36.8 Å². The van der Waals surface area contributed by atoms with Gasteiger partial charge in [-0.1, -0.05) is 30.2 Å². The van der Waals surface area contributed by atoms with E-state index in [0.717, 1.165) is 0 Å². The van der Waals surface area contributed by atoms with Crippen LogP contribution in [0.25, 0.3) is 0 Å². The molecule has 0 bridgehead atoms. The van der Waals surface area contributed by atoms with E-state index >= 15 is 0 Å². The van der Waals surface area contributed by atoms with Crippen molar-refractivity contribution >= 4 is 26.3 Å². The zero-order valence-electron chi connectivity index (χ0n) is 9.35. The Morgan fingerprint density at radius 2 is 1.36 bits per heavy atom. The lowest BCUT2D eigenvalue weighted by molar-refractivity contribution is 1.27. The maximum absolute atomic E-state index is 3.91. The van der Waals surface area contributed by atoms with Crippen LogP contribution in [-0.4, -0.2) is 26.3 Å². The third kappa shape index (κ3) is 4.87. The second kappa shape index (κ2) is 6.31. The van der Waals surface area contributed by atoms with Crippen LogP contribution < -0.4 is 9.30 Å². The monoisotopic (exact) mass is 240 g/mol. The van der Waals surface area contributed by atoms with Crippen LogP contribution in [0.2, 0.25) is 19.6 Å². The topological polar surface area (TPSA) is 24.1 Å². The molecule has 78 valence electrons. The Bertz CT molecular complexity index is 202. The molecule has 0 fully saturated rings. The summed E-state index contributed by atoms with van der Waals surface area (Å²) in [5.74, 6) is 0. The molecular weight excluding hydrogens is 220 g/mol. The molecule has 0 aliphatic carbocycles. The van der Waals surface area contributed by atoms with Crippen molar-refractivity contribution in [2.75, 3.05) is 0 Å². The molecule has 0 unspecified atom stereocenters. The predicted molar refractivity (Wildman–Crippen MR) is 71.7 cm³/mol. The third-order valence-electron chi connectivity index (χ3n) is 1.93. The van der Waals surface area contributed by atoms with Crippen molar-refractivity contribution < 1.29 is 0 Å². The zero-order valence-corrected chi connectivity index (χ0v) is 12.4. The Morgan fingerprint density at radius 3 is 1.57 bits per heavy atom. The van der Waals surface area contributed by atoms with E-state index in [4.69, 9.17) is 0 Å². The van der Waals surface area contributed by atoms with Gasteiger partial charge < -0.3 is 9.30 Å². The van der Waals surface area contributed by atoms with Crippen molar-refractivity contribution in [1.29, 1.82) is 0 Å². The fraction of sp³-hybridized carbons (Fsp3) is 0.333. The van der Waals surface area contributed by atoms with Crippen LogP contribution >= 0.6 is 0 Å². The summed E-state index contributed by atoms with van der Waals surface area (Å²) in [6.45, 7) is 18.2. The molecule has 2 radical (unpaired) electrons. The van der Waals surface area contributed by atoms with E-state index in [0.29, 0.717) is 0 Å². The molecule has 0 aromatic carbocycles. The molecule has 0 aliphatic heterocycles. The molecule has 0 aromatic heterocycles. The van der Waals surface area contributed by atoms with E-state index in [-0.39, 0.29) is 0 Å². The molecule has 2 N–H and O–H groups in total. The Balaban J connectivity index is 4.38. The number of hydrogen-bond acceptors (Lipinski definition) is 2. The van der Waals surface area contributed by atoms with E-state index in [9.17, 15) is 0 Å². The number of nitrogens with one attached hydrogen (secondary N) is 2. The van der Waals surface area contributed by atoms with Gasteiger partial charge in [-0.05, 0) is 6.55 Å². The normalized spacial score (nSPS) is 11.8. The lowest BCUT2D eigenvalue weighted by atomic mass is 11.3. The average molecular weight is 241 g/mol. The molecule has 0 saturated heterocycles. The minimum atomic E-state index is -1.68. The van der Waals surface area contributed by atoms with Crippen LogP contribution in [0.5, 0.6) is 0 Å². The molecule has 0 rings (SSSR count). The molecule has 0 aromatic rings. The molecule has 0 saturated carbocycles. The highest BCUT2D eigenvalue weighted by Gasteiger charge is 2.26. The second-order valence-electron chi connectivity index (χ2n) is 3.43. The van der Waals surface area contributed by atoms with Gasteiger partial charge in [-0.25, -0.2) is 0 Å². The number of rotatable bonds is 7. The first-order valence-electron chi connectivity index (χ1n) is 4.59. The van der Waals surface area contributed by atoms with Crippen molar-refractivity contribution in [1.82, 2.24) is 9.30 Å². The fourth-order valence-electron chi connectivity index (χ4n) is 1.05. The highest BCUT2D eigenvalue weighted by molar-refractivity contribution is 6.93. The quantitative estimate of drug-likeness (QED) is 0.662. The van der Waals surface area contributed by atoms with E-state index in [1.807, 2.05) is 17.1 Å². The maximum Gasteiger partial charge on any atom is 0.210 e. The highest BCUT2D eigenvalue weighted by atomic mass is 28.4. The van der Waals surface area contributed by atoms with E-state index in [1.54, 1.807) is 0 Å². The van der Waals surface area contributed by atoms with Crippen molar-refractivity contribution in [3.8, 4) is 0 Å². The summed E-state index contributed by atoms with van der Waals surface area (Å²) in [5, 5.41) is 0. The Kier molecular flexibility index (Phi) is 6.21. The van der Waals surface area contributed by atoms with Gasteiger partial charge in [0.15, 0.2) is 17.9 Å². The predicted octanol–water partition coefficient (Wildman–Crippen LogP) is 1.66. The maximum atomic E-state index is 3.91. The molecule has 0 aliphatic rings. The first kappa shape index (κ1) is 13.8. The minimum absolute atomic E-state index is 0.627. The van der Waals surface area contributed by atoms with Gasteiger partial charge in [-0.2, -0.15) is 0 Å². The summed E-state index contributed by atoms with van der Waals surface area (Å²) < 4.78 is 7.26. The molecule has 14 heavy (non-hydrogen) atoms. The summed E-state index contributed by atoms with van der Waals surface area (Å²) in [4.78, 5) is 0. The molecule has 2 nitrogen and oxygen atoms in total. The second-order valence-corrected chi connectivity index (χ2v) is 11.8. The molecular formula is C9H20N2Si3. The SMILES string of the molecule is C=C[Si](C)N[Si](C)(C=C)N[Si](C)C=C. The van der Waals surface area contributed by atoms with Gasteiger partial charge in [0.2, 0.25) is 8.40 Å². The highest BCUT2D eigenvalue weighted by Crippen LogP contribution is 1.97. The van der Waals surface area contributed by atoms with Crippen molar-refractivity contribution in [2.24, 2.45) is 0 Å². The molecule has 5 heteroatoms. The molecule has 0 atom stereocenters. The summed E-state index contributed by atoms with van der Waals surface area (Å²) in [6, 6.07) is 0. The Labute approximate surface area is 92.3 Å². The van der Waals surface area contributed by atoms with E-state index in [1.165, 1.54) is 0 Å². The fourth-order valence-corrected chi connectivity index (χ4v) is 10.1. The summed E-state index contributed by atoms with van der Waals surface area (Å²) >= 11 is 0. The average Bonchev–Trinajstić information content (AvgIpc) is 2.17. The largest absolute Gasteiger partial charge is 0.342 e. The van der Waals surface area contributed by atoms with Gasteiger partial charge in [0.05, 0.1) is 0 Å². The van der Waals surface area contributed by atoms with Crippen LogP contribution in [-0.2, 0) is 0 Å². The van der Waals surface area contributed by atoms with E-state index < -0.39 is 26.3 Å².